The van der Waals surface area contributed by atoms with Crippen molar-refractivity contribution in [3.63, 3.8) is 0 Å². The predicted octanol–water partition coefficient (Wildman–Crippen LogP) is 5.59. The Kier molecular flexibility index (Phi) is 5.00. The summed E-state index contributed by atoms with van der Waals surface area (Å²) in [7, 11) is 0. The Morgan fingerprint density at radius 2 is 1.79 bits per heavy atom. The maximum absolute atomic E-state index is 13.2. The van der Waals surface area contributed by atoms with E-state index in [1.807, 2.05) is 6.92 Å². The molecule has 29 heavy (non-hydrogen) atoms. The highest BCUT2D eigenvalue weighted by Crippen LogP contribution is 2.61. The number of anilines is 1. The highest BCUT2D eigenvalue weighted by atomic mass is 32.1. The molecule has 0 spiro atoms. The van der Waals surface area contributed by atoms with Gasteiger partial charge in [0.1, 0.15) is 5.00 Å². The number of hydrogen-bond donors (Lipinski definition) is 1. The van der Waals surface area contributed by atoms with Crippen LogP contribution in [-0.4, -0.2) is 18.5 Å². The molecule has 5 heteroatoms. The zero-order valence-corrected chi connectivity index (χ0v) is 18.5. The summed E-state index contributed by atoms with van der Waals surface area (Å²) in [6, 6.07) is 0. The molecule has 1 N–H and O–H groups in total. The molecule has 4 saturated carbocycles. The van der Waals surface area contributed by atoms with Gasteiger partial charge in [-0.3, -0.25) is 4.79 Å². The SMILES string of the molecule is CCOC(=O)c1c(NC(=O)CC23CC4CC(CC(C4)C2)C3)sc2c1CC[C@H](C)C2. The normalized spacial score (nSPS) is 34.7. The van der Waals surface area contributed by atoms with Crippen LogP contribution in [0.4, 0.5) is 5.00 Å². The number of hydrogen-bond acceptors (Lipinski definition) is 4. The van der Waals surface area contributed by atoms with Crippen LogP contribution < -0.4 is 5.32 Å². The molecule has 158 valence electrons. The molecule has 0 unspecified atom stereocenters. The molecule has 0 aromatic carbocycles. The van der Waals surface area contributed by atoms with E-state index in [-0.39, 0.29) is 17.3 Å². The number of carbonyl (C=O) groups excluding carboxylic acids is 2. The van der Waals surface area contributed by atoms with E-state index in [1.165, 1.54) is 43.4 Å². The second-order valence-corrected chi connectivity index (χ2v) is 11.5. The van der Waals surface area contributed by atoms with Gasteiger partial charge in [0.15, 0.2) is 0 Å². The van der Waals surface area contributed by atoms with Crippen molar-refractivity contribution >= 4 is 28.2 Å². The minimum Gasteiger partial charge on any atom is -0.462 e. The van der Waals surface area contributed by atoms with Crippen LogP contribution in [0.2, 0.25) is 0 Å². The lowest BCUT2D eigenvalue weighted by Gasteiger charge is -2.56. The maximum atomic E-state index is 13.2. The molecule has 1 aromatic heterocycles. The van der Waals surface area contributed by atoms with Crippen LogP contribution in [0.5, 0.6) is 0 Å². The highest BCUT2D eigenvalue weighted by Gasteiger charge is 2.51. The summed E-state index contributed by atoms with van der Waals surface area (Å²) in [6.45, 7) is 4.46. The van der Waals surface area contributed by atoms with Gasteiger partial charge in [0.05, 0.1) is 12.2 Å². The van der Waals surface area contributed by atoms with Crippen LogP contribution in [0.25, 0.3) is 0 Å². The molecule has 6 rings (SSSR count). The fourth-order valence-corrected chi connectivity index (χ4v) is 8.69. The van der Waals surface area contributed by atoms with Gasteiger partial charge < -0.3 is 10.1 Å². The Labute approximate surface area is 177 Å². The molecule has 5 aliphatic carbocycles. The lowest BCUT2D eigenvalue weighted by Crippen LogP contribution is -2.47. The van der Waals surface area contributed by atoms with Crippen molar-refractivity contribution in [3.05, 3.63) is 16.0 Å². The summed E-state index contributed by atoms with van der Waals surface area (Å²) in [4.78, 5) is 27.1. The predicted molar refractivity (Wildman–Crippen MR) is 115 cm³/mol. The smallest absolute Gasteiger partial charge is 0.341 e. The minimum atomic E-state index is -0.273. The number of thiophene rings is 1. The molecule has 0 radical (unpaired) electrons. The largest absolute Gasteiger partial charge is 0.462 e. The molecule has 1 amide bonds. The van der Waals surface area contributed by atoms with E-state index in [2.05, 4.69) is 12.2 Å². The van der Waals surface area contributed by atoms with Crippen molar-refractivity contribution in [1.29, 1.82) is 0 Å². The molecule has 1 atom stereocenters. The number of amides is 1. The second kappa shape index (κ2) is 7.40. The van der Waals surface area contributed by atoms with Crippen LogP contribution in [0.15, 0.2) is 0 Å². The van der Waals surface area contributed by atoms with Crippen molar-refractivity contribution < 1.29 is 14.3 Å². The van der Waals surface area contributed by atoms with Crippen LogP contribution >= 0.6 is 11.3 Å². The Balaban J connectivity index is 1.36. The summed E-state index contributed by atoms with van der Waals surface area (Å²) >= 11 is 1.61. The summed E-state index contributed by atoms with van der Waals surface area (Å²) in [5.41, 5.74) is 1.98. The third-order valence-corrected chi connectivity index (χ3v) is 9.11. The lowest BCUT2D eigenvalue weighted by atomic mass is 9.49. The summed E-state index contributed by atoms with van der Waals surface area (Å²) in [5, 5.41) is 3.91. The fraction of sp³-hybridized carbons (Fsp3) is 0.750. The number of esters is 1. The first-order chi connectivity index (χ1) is 13.9. The van der Waals surface area contributed by atoms with E-state index in [1.54, 1.807) is 11.3 Å². The van der Waals surface area contributed by atoms with Crippen molar-refractivity contribution in [3.8, 4) is 0 Å². The zero-order chi connectivity index (χ0) is 20.2. The van der Waals surface area contributed by atoms with E-state index in [0.29, 0.717) is 24.5 Å². The Morgan fingerprint density at radius 1 is 1.14 bits per heavy atom. The van der Waals surface area contributed by atoms with Gasteiger partial charge in [0, 0.05) is 11.3 Å². The van der Waals surface area contributed by atoms with Crippen LogP contribution in [-0.2, 0) is 22.4 Å². The third-order valence-electron chi connectivity index (χ3n) is 7.94. The molecule has 0 saturated heterocycles. The van der Waals surface area contributed by atoms with Crippen molar-refractivity contribution in [2.75, 3.05) is 11.9 Å². The first kappa shape index (κ1) is 19.6. The van der Waals surface area contributed by atoms with E-state index in [4.69, 9.17) is 4.74 Å². The van der Waals surface area contributed by atoms with Crippen molar-refractivity contribution in [1.82, 2.24) is 0 Å². The molecule has 5 aliphatic rings. The second-order valence-electron chi connectivity index (χ2n) is 10.4. The van der Waals surface area contributed by atoms with Gasteiger partial charge in [-0.15, -0.1) is 11.3 Å². The fourth-order valence-electron chi connectivity index (χ4n) is 7.28. The molecule has 0 aliphatic heterocycles. The van der Waals surface area contributed by atoms with Crippen LogP contribution in [0.1, 0.15) is 86.0 Å². The Hall–Kier alpha value is -1.36. The van der Waals surface area contributed by atoms with Crippen molar-refractivity contribution in [2.45, 2.75) is 78.1 Å². The quantitative estimate of drug-likeness (QED) is 0.637. The summed E-state index contributed by atoms with van der Waals surface area (Å²) in [5.74, 6) is 3.00. The third kappa shape index (κ3) is 3.64. The molecule has 1 aromatic rings. The average Bonchev–Trinajstić information content (AvgIpc) is 2.96. The van der Waals surface area contributed by atoms with Gasteiger partial charge in [0.2, 0.25) is 5.91 Å². The maximum Gasteiger partial charge on any atom is 0.341 e. The van der Waals surface area contributed by atoms with Crippen LogP contribution in [0, 0.1) is 29.1 Å². The lowest BCUT2D eigenvalue weighted by molar-refractivity contribution is -0.124. The van der Waals surface area contributed by atoms with E-state index in [0.717, 1.165) is 47.6 Å². The molecular formula is C24H33NO3S. The number of rotatable bonds is 5. The molecule has 4 bridgehead atoms. The number of fused-ring (bicyclic) bond motifs is 1. The molecule has 1 heterocycles. The van der Waals surface area contributed by atoms with Gasteiger partial charge in [0.25, 0.3) is 0 Å². The molecule has 4 nitrogen and oxygen atoms in total. The number of carbonyl (C=O) groups is 2. The first-order valence-corrected chi connectivity index (χ1v) is 12.4. The number of ether oxygens (including phenoxy) is 1. The monoisotopic (exact) mass is 415 g/mol. The van der Waals surface area contributed by atoms with E-state index >= 15 is 0 Å². The van der Waals surface area contributed by atoms with Gasteiger partial charge in [-0.05, 0) is 99.4 Å². The zero-order valence-electron chi connectivity index (χ0n) is 17.7. The standard InChI is InChI=1S/C24H33NO3S/c1-3-28-23(27)21-18-5-4-14(2)6-19(18)29-22(21)25-20(26)13-24-10-15-7-16(11-24)9-17(8-15)12-24/h14-17H,3-13H2,1-2H3,(H,25,26)/t14-,15?,16?,17?,24?/m0/s1. The molecular weight excluding hydrogens is 382 g/mol. The summed E-state index contributed by atoms with van der Waals surface area (Å²) < 4.78 is 5.35. The van der Waals surface area contributed by atoms with Gasteiger partial charge in [-0.1, -0.05) is 6.92 Å². The van der Waals surface area contributed by atoms with Crippen LogP contribution in [0.3, 0.4) is 0 Å². The Morgan fingerprint density at radius 3 is 2.41 bits per heavy atom. The van der Waals surface area contributed by atoms with E-state index < -0.39 is 0 Å². The highest BCUT2D eigenvalue weighted by molar-refractivity contribution is 7.17. The molecule has 4 fully saturated rings. The van der Waals surface area contributed by atoms with Crippen molar-refractivity contribution in [2.24, 2.45) is 29.1 Å². The Bertz CT molecular complexity index is 791. The van der Waals surface area contributed by atoms with Gasteiger partial charge in [-0.25, -0.2) is 4.79 Å². The topological polar surface area (TPSA) is 55.4 Å². The van der Waals surface area contributed by atoms with Gasteiger partial charge in [-0.2, -0.15) is 0 Å². The van der Waals surface area contributed by atoms with E-state index in [9.17, 15) is 9.59 Å². The minimum absolute atomic E-state index is 0.101. The number of nitrogens with one attached hydrogen (secondary N) is 1. The first-order valence-electron chi connectivity index (χ1n) is 11.6. The van der Waals surface area contributed by atoms with Gasteiger partial charge >= 0.3 is 5.97 Å². The summed E-state index contributed by atoms with van der Waals surface area (Å²) in [6.07, 6.45) is 11.5. The average molecular weight is 416 g/mol.